The molecule has 1 aromatic carbocycles. The van der Waals surface area contributed by atoms with Crippen LogP contribution in [0, 0.1) is 3.95 Å². The fourth-order valence-corrected chi connectivity index (χ4v) is 3.43. The second kappa shape index (κ2) is 6.88. The monoisotopic (exact) mass is 357 g/mol. The van der Waals surface area contributed by atoms with Crippen LogP contribution in [0.4, 0.5) is 0 Å². The van der Waals surface area contributed by atoms with Crippen LogP contribution < -0.4 is 9.47 Å². The SMILES string of the molecule is COc1cc(Cc2sc(=S)n(CC(=O)O)c2O)cc(OC)c1O. The van der Waals surface area contributed by atoms with E-state index in [0.29, 0.717) is 16.9 Å². The lowest BCUT2D eigenvalue weighted by Gasteiger charge is -2.11. The van der Waals surface area contributed by atoms with Gasteiger partial charge in [0.05, 0.1) is 19.1 Å². The first kappa shape index (κ1) is 17.1. The average molecular weight is 357 g/mol. The number of methoxy groups -OCH3 is 2. The van der Waals surface area contributed by atoms with E-state index in [1.807, 2.05) is 0 Å². The zero-order valence-electron chi connectivity index (χ0n) is 12.4. The van der Waals surface area contributed by atoms with E-state index in [0.717, 1.165) is 15.9 Å². The van der Waals surface area contributed by atoms with Crippen molar-refractivity contribution in [2.24, 2.45) is 0 Å². The number of aromatic hydroxyl groups is 2. The lowest BCUT2D eigenvalue weighted by atomic mass is 10.1. The smallest absolute Gasteiger partial charge is 0.323 e. The van der Waals surface area contributed by atoms with Crippen molar-refractivity contribution in [3.63, 3.8) is 0 Å². The van der Waals surface area contributed by atoms with Gasteiger partial charge in [-0.15, -0.1) is 11.3 Å². The van der Waals surface area contributed by atoms with Gasteiger partial charge in [-0.3, -0.25) is 9.36 Å². The van der Waals surface area contributed by atoms with Gasteiger partial charge in [-0.1, -0.05) is 0 Å². The predicted molar refractivity (Wildman–Crippen MR) is 86.5 cm³/mol. The lowest BCUT2D eigenvalue weighted by Crippen LogP contribution is -2.08. The number of phenolic OH excluding ortho intramolecular Hbond substituents is 1. The lowest BCUT2D eigenvalue weighted by molar-refractivity contribution is -0.137. The Labute approximate surface area is 141 Å². The highest BCUT2D eigenvalue weighted by molar-refractivity contribution is 7.73. The molecule has 0 fully saturated rings. The molecule has 0 aliphatic heterocycles. The molecule has 9 heteroatoms. The van der Waals surface area contributed by atoms with Crippen LogP contribution >= 0.6 is 23.6 Å². The third-order valence-electron chi connectivity index (χ3n) is 3.13. The van der Waals surface area contributed by atoms with Crippen LogP contribution in [-0.2, 0) is 17.8 Å². The molecule has 3 N–H and O–H groups in total. The predicted octanol–water partition coefficient (Wildman–Crippen LogP) is 2.38. The molecule has 0 unspecified atom stereocenters. The molecule has 0 saturated carbocycles. The molecule has 7 nitrogen and oxygen atoms in total. The van der Waals surface area contributed by atoms with Crippen LogP contribution in [0.1, 0.15) is 10.4 Å². The van der Waals surface area contributed by atoms with Crippen molar-refractivity contribution in [2.75, 3.05) is 14.2 Å². The summed E-state index contributed by atoms with van der Waals surface area (Å²) in [6.45, 7) is -0.399. The van der Waals surface area contributed by atoms with Gasteiger partial charge in [0.1, 0.15) is 6.54 Å². The summed E-state index contributed by atoms with van der Waals surface area (Å²) in [4.78, 5) is 11.3. The van der Waals surface area contributed by atoms with E-state index in [9.17, 15) is 15.0 Å². The second-order valence-corrected chi connectivity index (χ2v) is 6.35. The highest BCUT2D eigenvalue weighted by Gasteiger charge is 2.17. The number of ether oxygens (including phenoxy) is 2. The maximum Gasteiger partial charge on any atom is 0.323 e. The number of rotatable bonds is 6. The molecule has 0 amide bonds. The topological polar surface area (TPSA) is 101 Å². The Bertz CT molecular complexity index is 770. The number of thiazole rings is 1. The molecule has 0 atom stereocenters. The number of benzene rings is 1. The standard InChI is InChI=1S/C14H15NO6S2/c1-20-8-3-7(4-9(21-2)12(8)18)5-10-13(19)15(6-11(16)17)14(22)23-10/h3-4,18-19H,5-6H2,1-2H3,(H,16,17). The third-order valence-corrected chi connectivity index (χ3v) is 4.57. The van der Waals surface area contributed by atoms with Crippen LogP contribution in [0.5, 0.6) is 23.1 Å². The van der Waals surface area contributed by atoms with Crippen molar-refractivity contribution >= 4 is 29.5 Å². The summed E-state index contributed by atoms with van der Waals surface area (Å²) in [5.41, 5.74) is 0.713. The van der Waals surface area contributed by atoms with Crippen LogP contribution in [0.15, 0.2) is 12.1 Å². The number of hydrogen-bond acceptors (Lipinski definition) is 7. The van der Waals surface area contributed by atoms with Gasteiger partial charge in [-0.05, 0) is 29.9 Å². The van der Waals surface area contributed by atoms with Crippen LogP contribution in [0.3, 0.4) is 0 Å². The van der Waals surface area contributed by atoms with E-state index in [1.165, 1.54) is 14.2 Å². The Balaban J connectivity index is 2.40. The van der Waals surface area contributed by atoms with Crippen molar-refractivity contribution in [3.05, 3.63) is 26.5 Å². The van der Waals surface area contributed by atoms with Crippen molar-refractivity contribution in [1.82, 2.24) is 4.57 Å². The molecular formula is C14H15NO6S2. The van der Waals surface area contributed by atoms with Crippen LogP contribution in [0.2, 0.25) is 0 Å². The first-order chi connectivity index (χ1) is 10.9. The zero-order valence-corrected chi connectivity index (χ0v) is 14.0. The number of aromatic nitrogens is 1. The van der Waals surface area contributed by atoms with Gasteiger partial charge in [0.15, 0.2) is 15.5 Å². The van der Waals surface area contributed by atoms with E-state index in [-0.39, 0.29) is 27.1 Å². The van der Waals surface area contributed by atoms with Gasteiger partial charge in [-0.2, -0.15) is 0 Å². The molecule has 23 heavy (non-hydrogen) atoms. The highest BCUT2D eigenvalue weighted by atomic mass is 32.1. The molecule has 0 spiro atoms. The summed E-state index contributed by atoms with van der Waals surface area (Å²) in [5.74, 6) is -0.888. The number of aliphatic carboxylic acids is 1. The Morgan fingerprint density at radius 2 is 1.83 bits per heavy atom. The quantitative estimate of drug-likeness (QED) is 0.682. The molecule has 2 aromatic rings. The van der Waals surface area contributed by atoms with Gasteiger partial charge >= 0.3 is 5.97 Å². The number of carboxylic acids is 1. The molecule has 0 aliphatic carbocycles. The average Bonchev–Trinajstić information content (AvgIpc) is 2.76. The van der Waals surface area contributed by atoms with Crippen molar-refractivity contribution < 1.29 is 29.6 Å². The third kappa shape index (κ3) is 3.57. The minimum Gasteiger partial charge on any atom is -0.502 e. The molecular weight excluding hydrogens is 342 g/mol. The molecule has 0 bridgehead atoms. The molecule has 1 heterocycles. The molecule has 124 valence electrons. The molecule has 0 saturated heterocycles. The number of carbonyl (C=O) groups is 1. The van der Waals surface area contributed by atoms with Gasteiger partial charge in [-0.25, -0.2) is 0 Å². The maximum atomic E-state index is 10.8. The minimum absolute atomic E-state index is 0.112. The number of nitrogens with zero attached hydrogens (tertiary/aromatic N) is 1. The molecule has 0 aliphatic rings. The first-order valence-electron chi connectivity index (χ1n) is 6.44. The summed E-state index contributed by atoms with van der Waals surface area (Å²) in [6, 6.07) is 3.23. The van der Waals surface area contributed by atoms with Crippen molar-refractivity contribution in [2.45, 2.75) is 13.0 Å². The van der Waals surface area contributed by atoms with Gasteiger partial charge in [0.2, 0.25) is 11.6 Å². The van der Waals surface area contributed by atoms with Gasteiger partial charge in [0.25, 0.3) is 0 Å². The summed E-state index contributed by atoms with van der Waals surface area (Å²) in [6.07, 6.45) is 0.291. The van der Waals surface area contributed by atoms with E-state index >= 15 is 0 Å². The summed E-state index contributed by atoms with van der Waals surface area (Å²) in [5, 5.41) is 28.9. The normalized spacial score (nSPS) is 10.5. The zero-order chi connectivity index (χ0) is 17.1. The fraction of sp³-hybridized carbons (Fsp3) is 0.286. The van der Waals surface area contributed by atoms with Gasteiger partial charge < -0.3 is 24.8 Å². The molecule has 1 aromatic heterocycles. The Kier molecular flexibility index (Phi) is 5.12. The summed E-state index contributed by atoms with van der Waals surface area (Å²) in [7, 11) is 2.84. The minimum atomic E-state index is -1.09. The van der Waals surface area contributed by atoms with E-state index in [1.54, 1.807) is 12.1 Å². The number of phenols is 1. The fourth-order valence-electron chi connectivity index (χ4n) is 2.07. The molecule has 0 radical (unpaired) electrons. The first-order valence-corrected chi connectivity index (χ1v) is 7.67. The van der Waals surface area contributed by atoms with Crippen LogP contribution in [-0.4, -0.2) is 40.1 Å². The summed E-state index contributed by atoms with van der Waals surface area (Å²) >= 11 is 6.21. The number of hydrogen-bond donors (Lipinski definition) is 3. The summed E-state index contributed by atoms with van der Waals surface area (Å²) < 4.78 is 11.6. The second-order valence-electron chi connectivity index (χ2n) is 4.62. The largest absolute Gasteiger partial charge is 0.502 e. The van der Waals surface area contributed by atoms with Crippen LogP contribution in [0.25, 0.3) is 0 Å². The van der Waals surface area contributed by atoms with Crippen molar-refractivity contribution in [3.8, 4) is 23.1 Å². The number of carboxylic acid groups (broad SMARTS) is 1. The molecule has 2 rings (SSSR count). The van der Waals surface area contributed by atoms with Crippen molar-refractivity contribution in [1.29, 1.82) is 0 Å². The highest BCUT2D eigenvalue weighted by Crippen LogP contribution is 2.38. The Morgan fingerprint density at radius 3 is 2.30 bits per heavy atom. The van der Waals surface area contributed by atoms with Gasteiger partial charge in [0, 0.05) is 6.42 Å². The van der Waals surface area contributed by atoms with E-state index in [2.05, 4.69) is 0 Å². The maximum absolute atomic E-state index is 10.8. The van der Waals surface area contributed by atoms with E-state index < -0.39 is 12.5 Å². The Hall–Kier alpha value is -2.26. The van der Waals surface area contributed by atoms with E-state index in [4.69, 9.17) is 26.8 Å². The Morgan fingerprint density at radius 1 is 1.26 bits per heavy atom.